The number of fused-ring (bicyclic) bond motifs is 1. The summed E-state index contributed by atoms with van der Waals surface area (Å²) in [6.45, 7) is 2.38. The fraction of sp³-hybridized carbons (Fsp3) is 0.909. The van der Waals surface area contributed by atoms with Gasteiger partial charge in [0.15, 0.2) is 0 Å². The second-order valence-corrected chi connectivity index (χ2v) is 5.48. The molecule has 1 aliphatic heterocycles. The molecule has 0 bridgehead atoms. The summed E-state index contributed by atoms with van der Waals surface area (Å²) in [5.74, 6) is 0.814. The van der Waals surface area contributed by atoms with E-state index in [2.05, 4.69) is 17.5 Å². The van der Waals surface area contributed by atoms with Gasteiger partial charge in [-0.05, 0) is 18.8 Å². The van der Waals surface area contributed by atoms with Gasteiger partial charge in [-0.2, -0.15) is 0 Å². The Bertz CT molecular complexity index is 191. The van der Waals surface area contributed by atoms with Crippen LogP contribution < -0.4 is 0 Å². The summed E-state index contributed by atoms with van der Waals surface area (Å²) in [7, 11) is 0. The molecule has 0 saturated heterocycles. The molecule has 0 aromatic heterocycles. The van der Waals surface area contributed by atoms with Gasteiger partial charge in [0, 0.05) is 5.25 Å². The third kappa shape index (κ3) is 2.28. The molecule has 1 nitrogen and oxygen atoms in total. The Morgan fingerprint density at radius 2 is 1.92 bits per heavy atom. The standard InChI is InChI=1S/C11H19NS/c1-9-6-4-2-3-5-7-10-11(9)12-8-13-10/h8-11H,2-7H2,1H3. The van der Waals surface area contributed by atoms with E-state index in [1.807, 2.05) is 11.8 Å². The van der Waals surface area contributed by atoms with E-state index < -0.39 is 0 Å². The zero-order chi connectivity index (χ0) is 9.10. The van der Waals surface area contributed by atoms with Crippen LogP contribution in [0.15, 0.2) is 4.99 Å². The van der Waals surface area contributed by atoms with E-state index in [-0.39, 0.29) is 0 Å². The van der Waals surface area contributed by atoms with Gasteiger partial charge in [-0.25, -0.2) is 0 Å². The second kappa shape index (κ2) is 4.50. The van der Waals surface area contributed by atoms with E-state index in [1.54, 1.807) is 0 Å². The highest BCUT2D eigenvalue weighted by molar-refractivity contribution is 8.12. The Hall–Kier alpha value is 0.0200. The molecule has 0 radical (unpaired) electrons. The molecular weight excluding hydrogens is 178 g/mol. The minimum absolute atomic E-state index is 0.642. The molecule has 1 saturated carbocycles. The fourth-order valence-electron chi connectivity index (χ4n) is 2.45. The molecule has 74 valence electrons. The van der Waals surface area contributed by atoms with E-state index in [9.17, 15) is 0 Å². The van der Waals surface area contributed by atoms with E-state index in [0.717, 1.165) is 11.2 Å². The number of aliphatic imine (C=N–C) groups is 1. The van der Waals surface area contributed by atoms with Crippen molar-refractivity contribution in [2.24, 2.45) is 10.9 Å². The van der Waals surface area contributed by atoms with Crippen molar-refractivity contribution in [3.63, 3.8) is 0 Å². The lowest BCUT2D eigenvalue weighted by molar-refractivity contribution is 0.414. The van der Waals surface area contributed by atoms with Crippen molar-refractivity contribution in [2.45, 2.75) is 56.7 Å². The number of hydrogen-bond acceptors (Lipinski definition) is 2. The summed E-state index contributed by atoms with van der Waals surface area (Å²) >= 11 is 1.97. The Morgan fingerprint density at radius 1 is 1.15 bits per heavy atom. The van der Waals surface area contributed by atoms with Crippen molar-refractivity contribution in [1.29, 1.82) is 0 Å². The topological polar surface area (TPSA) is 12.4 Å². The van der Waals surface area contributed by atoms with Gasteiger partial charge in [0.25, 0.3) is 0 Å². The first-order valence-electron chi connectivity index (χ1n) is 5.55. The zero-order valence-electron chi connectivity index (χ0n) is 8.41. The predicted octanol–water partition coefficient (Wildman–Crippen LogP) is 3.49. The van der Waals surface area contributed by atoms with Crippen molar-refractivity contribution in [3.8, 4) is 0 Å². The first-order valence-corrected chi connectivity index (χ1v) is 6.49. The zero-order valence-corrected chi connectivity index (χ0v) is 9.22. The molecule has 0 aromatic rings. The maximum Gasteiger partial charge on any atom is 0.0653 e. The van der Waals surface area contributed by atoms with E-state index in [0.29, 0.717) is 6.04 Å². The van der Waals surface area contributed by atoms with E-state index in [4.69, 9.17) is 0 Å². The van der Waals surface area contributed by atoms with E-state index >= 15 is 0 Å². The summed E-state index contributed by atoms with van der Waals surface area (Å²) in [6, 6.07) is 0.642. The van der Waals surface area contributed by atoms with Crippen molar-refractivity contribution in [3.05, 3.63) is 0 Å². The van der Waals surface area contributed by atoms with Gasteiger partial charge in [0.1, 0.15) is 0 Å². The maximum absolute atomic E-state index is 4.62. The molecule has 1 heterocycles. The van der Waals surface area contributed by atoms with Gasteiger partial charge in [0.05, 0.1) is 11.6 Å². The molecule has 3 unspecified atom stereocenters. The third-order valence-corrected chi connectivity index (χ3v) is 4.44. The average Bonchev–Trinajstić information content (AvgIpc) is 2.58. The highest BCUT2D eigenvalue weighted by Gasteiger charge is 2.29. The van der Waals surface area contributed by atoms with Crippen molar-refractivity contribution < 1.29 is 0 Å². The Kier molecular flexibility index (Phi) is 3.31. The Morgan fingerprint density at radius 3 is 2.77 bits per heavy atom. The number of thioether (sulfide) groups is 1. The second-order valence-electron chi connectivity index (χ2n) is 4.39. The smallest absolute Gasteiger partial charge is 0.0653 e. The van der Waals surface area contributed by atoms with Gasteiger partial charge in [-0.15, -0.1) is 11.8 Å². The van der Waals surface area contributed by atoms with Crippen LogP contribution in [0, 0.1) is 5.92 Å². The molecule has 0 spiro atoms. The lowest BCUT2D eigenvalue weighted by atomic mass is 9.94. The van der Waals surface area contributed by atoms with Gasteiger partial charge in [-0.1, -0.05) is 32.6 Å². The first-order chi connectivity index (χ1) is 6.38. The molecule has 0 N–H and O–H groups in total. The van der Waals surface area contributed by atoms with Crippen LogP contribution >= 0.6 is 11.8 Å². The maximum atomic E-state index is 4.62. The van der Waals surface area contributed by atoms with Crippen molar-refractivity contribution in [2.75, 3.05) is 0 Å². The summed E-state index contributed by atoms with van der Waals surface area (Å²) < 4.78 is 0. The van der Waals surface area contributed by atoms with Crippen molar-refractivity contribution >= 4 is 17.3 Å². The molecule has 1 aliphatic carbocycles. The number of nitrogens with zero attached hydrogens (tertiary/aromatic N) is 1. The minimum atomic E-state index is 0.642. The summed E-state index contributed by atoms with van der Waals surface area (Å²) in [6.07, 6.45) is 8.50. The summed E-state index contributed by atoms with van der Waals surface area (Å²) in [4.78, 5) is 4.62. The largest absolute Gasteiger partial charge is 0.282 e. The van der Waals surface area contributed by atoms with Crippen LogP contribution in [0.4, 0.5) is 0 Å². The fourth-order valence-corrected chi connectivity index (χ4v) is 3.62. The molecule has 2 heteroatoms. The summed E-state index contributed by atoms with van der Waals surface area (Å²) in [5, 5.41) is 0.813. The molecular formula is C11H19NS. The van der Waals surface area contributed by atoms with Crippen LogP contribution in [0.5, 0.6) is 0 Å². The van der Waals surface area contributed by atoms with Gasteiger partial charge in [0.2, 0.25) is 0 Å². The molecule has 2 rings (SSSR count). The lowest BCUT2D eigenvalue weighted by Crippen LogP contribution is -2.24. The molecule has 0 aromatic carbocycles. The van der Waals surface area contributed by atoms with Crippen LogP contribution in [-0.4, -0.2) is 16.8 Å². The number of hydrogen-bond donors (Lipinski definition) is 0. The first kappa shape index (κ1) is 9.57. The minimum Gasteiger partial charge on any atom is -0.282 e. The van der Waals surface area contributed by atoms with Gasteiger partial charge < -0.3 is 0 Å². The lowest BCUT2D eigenvalue weighted by Gasteiger charge is -2.21. The highest BCUT2D eigenvalue weighted by atomic mass is 32.2. The molecule has 1 fully saturated rings. The number of rotatable bonds is 0. The summed E-state index contributed by atoms with van der Waals surface area (Å²) in [5.41, 5.74) is 2.09. The average molecular weight is 197 g/mol. The van der Waals surface area contributed by atoms with Crippen LogP contribution in [0.25, 0.3) is 0 Å². The molecule has 13 heavy (non-hydrogen) atoms. The molecule has 3 atom stereocenters. The Balaban J connectivity index is 1.99. The van der Waals surface area contributed by atoms with Gasteiger partial charge in [-0.3, -0.25) is 4.99 Å². The van der Waals surface area contributed by atoms with E-state index in [1.165, 1.54) is 38.5 Å². The quantitative estimate of drug-likeness (QED) is 0.579. The molecule has 2 aliphatic rings. The normalized spacial score (nSPS) is 40.5. The highest BCUT2D eigenvalue weighted by Crippen LogP contribution is 2.34. The van der Waals surface area contributed by atoms with Crippen LogP contribution in [-0.2, 0) is 0 Å². The third-order valence-electron chi connectivity index (χ3n) is 3.33. The van der Waals surface area contributed by atoms with Crippen LogP contribution in [0.2, 0.25) is 0 Å². The predicted molar refractivity (Wildman–Crippen MR) is 60.5 cm³/mol. The van der Waals surface area contributed by atoms with Crippen molar-refractivity contribution in [1.82, 2.24) is 0 Å². The Labute approximate surface area is 85.4 Å². The van der Waals surface area contributed by atoms with Crippen LogP contribution in [0.3, 0.4) is 0 Å². The van der Waals surface area contributed by atoms with Crippen LogP contribution in [0.1, 0.15) is 45.4 Å². The van der Waals surface area contributed by atoms with Gasteiger partial charge >= 0.3 is 0 Å². The molecule has 0 amide bonds. The SMILES string of the molecule is CC1CCCCCCC2SC=NC12. The monoisotopic (exact) mass is 197 g/mol.